The van der Waals surface area contributed by atoms with Gasteiger partial charge < -0.3 is 0 Å². The van der Waals surface area contributed by atoms with E-state index in [1.54, 1.807) is 24.3 Å². The van der Waals surface area contributed by atoms with Crippen molar-refractivity contribution >= 4 is 17.4 Å². The summed E-state index contributed by atoms with van der Waals surface area (Å²) in [5.74, 6) is -0.323. The second-order valence-electron chi connectivity index (χ2n) is 5.17. The van der Waals surface area contributed by atoms with Gasteiger partial charge in [-0.2, -0.15) is 0 Å². The summed E-state index contributed by atoms with van der Waals surface area (Å²) >= 11 is 5.91. The number of benzene rings is 1. The SMILES string of the molecule is CC(C(C(=O)CC1CC1)c1cccc(Cl)c1)[N+](=O)[O-]. The molecule has 1 aromatic carbocycles. The number of Topliss-reactive ketones (excluding diaryl/α,β-unsaturated/α-hetero) is 1. The van der Waals surface area contributed by atoms with Crippen molar-refractivity contribution in [2.45, 2.75) is 38.1 Å². The first kappa shape index (κ1) is 14.0. The van der Waals surface area contributed by atoms with Gasteiger partial charge in [0.25, 0.3) is 0 Å². The van der Waals surface area contributed by atoms with Crippen LogP contribution in [0, 0.1) is 16.0 Å². The highest BCUT2D eigenvalue weighted by Crippen LogP contribution is 2.36. The van der Waals surface area contributed by atoms with E-state index in [0.717, 1.165) is 12.8 Å². The number of ketones is 1. The summed E-state index contributed by atoms with van der Waals surface area (Å²) in [6.45, 7) is 1.48. The maximum Gasteiger partial charge on any atom is 0.224 e. The van der Waals surface area contributed by atoms with Crippen molar-refractivity contribution in [2.24, 2.45) is 5.92 Å². The Hall–Kier alpha value is -1.42. The maximum atomic E-state index is 12.3. The molecule has 19 heavy (non-hydrogen) atoms. The molecule has 0 bridgehead atoms. The quantitative estimate of drug-likeness (QED) is 0.592. The summed E-state index contributed by atoms with van der Waals surface area (Å²) in [6.07, 6.45) is 2.55. The highest BCUT2D eigenvalue weighted by atomic mass is 35.5. The molecule has 1 aromatic rings. The topological polar surface area (TPSA) is 60.2 Å². The molecular formula is C14H16ClNO3. The number of nitro groups is 1. The van der Waals surface area contributed by atoms with Gasteiger partial charge in [-0.3, -0.25) is 14.9 Å². The molecule has 1 saturated carbocycles. The van der Waals surface area contributed by atoms with E-state index in [4.69, 9.17) is 11.6 Å². The molecule has 0 amide bonds. The molecule has 0 radical (unpaired) electrons. The van der Waals surface area contributed by atoms with Crippen molar-refractivity contribution in [1.82, 2.24) is 0 Å². The summed E-state index contributed by atoms with van der Waals surface area (Å²) in [5, 5.41) is 11.5. The Morgan fingerprint density at radius 3 is 2.74 bits per heavy atom. The van der Waals surface area contributed by atoms with E-state index in [1.165, 1.54) is 6.92 Å². The van der Waals surface area contributed by atoms with E-state index >= 15 is 0 Å². The normalized spacial score (nSPS) is 17.8. The third-order valence-electron chi connectivity index (χ3n) is 3.56. The Kier molecular flexibility index (Phi) is 4.20. The van der Waals surface area contributed by atoms with E-state index in [-0.39, 0.29) is 5.78 Å². The first-order valence-corrected chi connectivity index (χ1v) is 6.78. The molecular weight excluding hydrogens is 266 g/mol. The van der Waals surface area contributed by atoms with Crippen LogP contribution < -0.4 is 0 Å². The molecule has 4 nitrogen and oxygen atoms in total. The van der Waals surface area contributed by atoms with Crippen LogP contribution >= 0.6 is 11.6 Å². The number of hydrogen-bond acceptors (Lipinski definition) is 3. The largest absolute Gasteiger partial charge is 0.299 e. The van der Waals surface area contributed by atoms with Gasteiger partial charge in [-0.1, -0.05) is 23.7 Å². The minimum absolute atomic E-state index is 0.0473. The van der Waals surface area contributed by atoms with Crippen molar-refractivity contribution in [3.8, 4) is 0 Å². The monoisotopic (exact) mass is 281 g/mol. The van der Waals surface area contributed by atoms with Gasteiger partial charge in [0, 0.05) is 23.3 Å². The van der Waals surface area contributed by atoms with Crippen LogP contribution in [0.5, 0.6) is 0 Å². The smallest absolute Gasteiger partial charge is 0.224 e. The number of carbonyl (C=O) groups is 1. The van der Waals surface area contributed by atoms with Gasteiger partial charge in [0.1, 0.15) is 11.7 Å². The Labute approximate surface area is 116 Å². The Morgan fingerprint density at radius 2 is 2.21 bits per heavy atom. The molecule has 1 aliphatic carbocycles. The lowest BCUT2D eigenvalue weighted by Gasteiger charge is -2.17. The van der Waals surface area contributed by atoms with Crippen LogP contribution in [-0.4, -0.2) is 16.7 Å². The lowest BCUT2D eigenvalue weighted by atomic mass is 9.86. The first-order chi connectivity index (χ1) is 8.99. The van der Waals surface area contributed by atoms with Gasteiger partial charge >= 0.3 is 0 Å². The highest BCUT2D eigenvalue weighted by molar-refractivity contribution is 6.30. The number of hydrogen-bond donors (Lipinski definition) is 0. The zero-order valence-corrected chi connectivity index (χ0v) is 11.5. The zero-order valence-electron chi connectivity index (χ0n) is 10.7. The molecule has 1 aliphatic rings. The summed E-state index contributed by atoms with van der Waals surface area (Å²) in [7, 11) is 0. The minimum Gasteiger partial charge on any atom is -0.299 e. The molecule has 0 spiro atoms. The zero-order chi connectivity index (χ0) is 14.0. The van der Waals surface area contributed by atoms with E-state index in [9.17, 15) is 14.9 Å². The first-order valence-electron chi connectivity index (χ1n) is 6.40. The molecule has 0 saturated heterocycles. The van der Waals surface area contributed by atoms with Gasteiger partial charge in [-0.05, 0) is 36.5 Å². The lowest BCUT2D eigenvalue weighted by molar-refractivity contribution is -0.519. The van der Waals surface area contributed by atoms with Gasteiger partial charge in [0.05, 0.1) is 0 Å². The van der Waals surface area contributed by atoms with E-state index in [1.807, 2.05) is 0 Å². The van der Waals surface area contributed by atoms with Crippen LogP contribution in [0.25, 0.3) is 0 Å². The maximum absolute atomic E-state index is 12.3. The molecule has 102 valence electrons. The Morgan fingerprint density at radius 1 is 1.53 bits per heavy atom. The van der Waals surface area contributed by atoms with Gasteiger partial charge in [0.15, 0.2) is 0 Å². The van der Waals surface area contributed by atoms with Crippen molar-refractivity contribution in [2.75, 3.05) is 0 Å². The second kappa shape index (κ2) is 5.70. The molecule has 0 N–H and O–H groups in total. The van der Waals surface area contributed by atoms with Crippen LogP contribution in [0.15, 0.2) is 24.3 Å². The predicted molar refractivity (Wildman–Crippen MR) is 73.0 cm³/mol. The summed E-state index contributed by atoms with van der Waals surface area (Å²) < 4.78 is 0. The summed E-state index contributed by atoms with van der Waals surface area (Å²) in [6, 6.07) is 5.88. The fraction of sp³-hybridized carbons (Fsp3) is 0.500. The van der Waals surface area contributed by atoms with Crippen LogP contribution in [0.3, 0.4) is 0 Å². The molecule has 5 heteroatoms. The fourth-order valence-corrected chi connectivity index (χ4v) is 2.49. The summed E-state index contributed by atoms with van der Waals surface area (Å²) in [5.41, 5.74) is 0.641. The highest BCUT2D eigenvalue weighted by Gasteiger charge is 2.37. The minimum atomic E-state index is -0.926. The molecule has 2 rings (SSSR count). The molecule has 1 fully saturated rings. The van der Waals surface area contributed by atoms with E-state index in [2.05, 4.69) is 0 Å². The predicted octanol–water partition coefficient (Wildman–Crippen LogP) is 3.46. The van der Waals surface area contributed by atoms with Crippen LogP contribution in [0.1, 0.15) is 37.7 Å². The van der Waals surface area contributed by atoms with Crippen LogP contribution in [0.2, 0.25) is 5.02 Å². The number of rotatable bonds is 6. The third kappa shape index (κ3) is 3.53. The molecule has 2 atom stereocenters. The average Bonchev–Trinajstić information content (AvgIpc) is 3.13. The van der Waals surface area contributed by atoms with Crippen LogP contribution in [0.4, 0.5) is 0 Å². The molecule has 2 unspecified atom stereocenters. The molecule has 0 heterocycles. The van der Waals surface area contributed by atoms with E-state index < -0.39 is 16.9 Å². The number of halogens is 1. The van der Waals surface area contributed by atoms with Crippen molar-refractivity contribution < 1.29 is 9.72 Å². The van der Waals surface area contributed by atoms with Crippen molar-refractivity contribution in [3.63, 3.8) is 0 Å². The molecule has 0 aliphatic heterocycles. The Balaban J connectivity index is 2.26. The van der Waals surface area contributed by atoms with Crippen molar-refractivity contribution in [3.05, 3.63) is 45.0 Å². The van der Waals surface area contributed by atoms with Gasteiger partial charge in [-0.15, -0.1) is 0 Å². The van der Waals surface area contributed by atoms with Crippen molar-refractivity contribution in [1.29, 1.82) is 0 Å². The summed E-state index contributed by atoms with van der Waals surface area (Å²) in [4.78, 5) is 22.9. The second-order valence-corrected chi connectivity index (χ2v) is 5.61. The van der Waals surface area contributed by atoms with Gasteiger partial charge in [-0.25, -0.2) is 0 Å². The average molecular weight is 282 g/mol. The lowest BCUT2D eigenvalue weighted by Crippen LogP contribution is -2.30. The fourth-order valence-electron chi connectivity index (χ4n) is 2.29. The van der Waals surface area contributed by atoms with Gasteiger partial charge in [0.2, 0.25) is 6.04 Å². The molecule has 0 aromatic heterocycles. The third-order valence-corrected chi connectivity index (χ3v) is 3.79. The number of nitrogens with zero attached hydrogens (tertiary/aromatic N) is 1. The standard InChI is InChI=1S/C14H16ClNO3/c1-9(16(18)19)14(13(17)7-10-5-6-10)11-3-2-4-12(15)8-11/h2-4,8-10,14H,5-7H2,1H3. The Bertz CT molecular complexity index is 499. The number of carbonyl (C=O) groups excluding carboxylic acids is 1. The van der Waals surface area contributed by atoms with E-state index in [0.29, 0.717) is 22.9 Å². The van der Waals surface area contributed by atoms with Crippen LogP contribution in [-0.2, 0) is 4.79 Å².